The molecule has 4 saturated carbocycles. The quantitative estimate of drug-likeness (QED) is 0.358. The number of hydrogen-bond donors (Lipinski definition) is 2. The van der Waals surface area contributed by atoms with Gasteiger partial charge in [-0.15, -0.1) is 0 Å². The van der Waals surface area contributed by atoms with Gasteiger partial charge in [-0.2, -0.15) is 8.42 Å². The average Bonchev–Trinajstić information content (AvgIpc) is 2.22. The van der Waals surface area contributed by atoms with Crippen LogP contribution in [-0.2, 0) is 9.15 Å². The van der Waals surface area contributed by atoms with Gasteiger partial charge in [0.25, 0.3) is 0 Å². The van der Waals surface area contributed by atoms with Crippen molar-refractivity contribution in [2.45, 2.75) is 44.1 Å². The molecular weight excluding hydrogens is 284 g/mol. The van der Waals surface area contributed by atoms with Crippen molar-refractivity contribution in [3.63, 3.8) is 0 Å². The maximum atomic E-state index is 10.7. The Morgan fingerprint density at radius 1 is 1.21 bits per heavy atom. The molecule has 7 heteroatoms. The van der Waals surface area contributed by atoms with Crippen molar-refractivity contribution in [3.05, 3.63) is 0 Å². The summed E-state index contributed by atoms with van der Waals surface area (Å²) in [6.45, 7) is 0. The van der Waals surface area contributed by atoms with E-state index >= 15 is 0 Å². The zero-order valence-corrected chi connectivity index (χ0v) is 12.4. The third-order valence-corrected chi connectivity index (χ3v) is 6.70. The normalized spacial score (nSPS) is 41.7. The van der Waals surface area contributed by atoms with Crippen molar-refractivity contribution in [1.82, 2.24) is 0 Å². The molecule has 0 heterocycles. The van der Waals surface area contributed by atoms with Crippen LogP contribution in [0.4, 0.5) is 0 Å². The van der Waals surface area contributed by atoms with Crippen molar-refractivity contribution in [1.29, 1.82) is 0 Å². The van der Waals surface area contributed by atoms with Crippen LogP contribution in [0.3, 0.4) is 0 Å². The molecular formula is C12H20N2O3S2. The topological polar surface area (TPSA) is 92.8 Å². The maximum Gasteiger partial charge on any atom is 0.320 e. The molecule has 4 aliphatic carbocycles. The van der Waals surface area contributed by atoms with Crippen LogP contribution >= 0.6 is 10.8 Å². The summed E-state index contributed by atoms with van der Waals surface area (Å²) in [6.07, 6.45) is 7.35. The van der Waals surface area contributed by atoms with E-state index in [2.05, 4.69) is 4.99 Å². The Balaban J connectivity index is 1.71. The van der Waals surface area contributed by atoms with Crippen LogP contribution in [0.15, 0.2) is 4.99 Å². The Morgan fingerprint density at radius 2 is 1.68 bits per heavy atom. The summed E-state index contributed by atoms with van der Waals surface area (Å²) in [6, 6.07) is 0. The molecule has 19 heavy (non-hydrogen) atoms. The minimum atomic E-state index is -4.03. The number of rotatable bonds is 4. The first-order valence-corrected chi connectivity index (χ1v) is 9.74. The van der Waals surface area contributed by atoms with Crippen LogP contribution in [0.5, 0.6) is 0 Å². The molecule has 0 aromatic rings. The highest BCUT2D eigenvalue weighted by molar-refractivity contribution is 8.70. The summed E-state index contributed by atoms with van der Waals surface area (Å²) in [7, 11) is -3.59. The fraction of sp³-hybridized carbons (Fsp3) is 0.917. The molecule has 0 spiro atoms. The van der Waals surface area contributed by atoms with Crippen molar-refractivity contribution in [3.8, 4) is 0 Å². The summed E-state index contributed by atoms with van der Waals surface area (Å²) >= 11 is 0. The molecule has 0 amide bonds. The van der Waals surface area contributed by atoms with Gasteiger partial charge in [0.1, 0.15) is 5.84 Å². The second kappa shape index (κ2) is 4.63. The van der Waals surface area contributed by atoms with Gasteiger partial charge in [0.05, 0.1) is 11.3 Å². The minimum Gasteiger partial charge on any atom is -0.387 e. The molecule has 4 fully saturated rings. The number of nitrogens with two attached hydrogens (primary N) is 1. The summed E-state index contributed by atoms with van der Waals surface area (Å²) in [5.74, 6) is 2.77. The van der Waals surface area contributed by atoms with E-state index in [-0.39, 0.29) is 11.3 Å². The standard InChI is InChI=1S/C12H20N2O3S2/c13-11(7-18-19(15,16)17)14-12-4-8-1-9(5-12)3-10(2-8)6-12/h8-10H,1-7H2,(H2,13,14)(H,15,16,17). The first-order valence-electron chi connectivity index (χ1n) is 6.80. The van der Waals surface area contributed by atoms with E-state index in [1.165, 1.54) is 19.3 Å². The van der Waals surface area contributed by atoms with E-state index in [0.29, 0.717) is 16.6 Å². The molecule has 4 aliphatic rings. The third kappa shape index (κ3) is 3.08. The van der Waals surface area contributed by atoms with Crippen LogP contribution < -0.4 is 5.73 Å². The van der Waals surface area contributed by atoms with E-state index in [1.807, 2.05) is 0 Å². The molecule has 0 aromatic carbocycles. The molecule has 0 atom stereocenters. The molecule has 0 unspecified atom stereocenters. The average molecular weight is 304 g/mol. The highest BCUT2D eigenvalue weighted by atomic mass is 33.1. The van der Waals surface area contributed by atoms with Crippen molar-refractivity contribution in [2.24, 2.45) is 28.5 Å². The molecule has 0 saturated heterocycles. The lowest BCUT2D eigenvalue weighted by atomic mass is 9.53. The Bertz CT molecular complexity index is 466. The SMILES string of the molecule is NC(CSS(=O)(=O)O)=NC12CC3CC(CC(C3)C1)C2. The molecule has 3 N–H and O–H groups in total. The smallest absolute Gasteiger partial charge is 0.320 e. The van der Waals surface area contributed by atoms with Gasteiger partial charge < -0.3 is 5.73 Å². The molecule has 0 aromatic heterocycles. The van der Waals surface area contributed by atoms with Crippen LogP contribution in [0, 0.1) is 17.8 Å². The van der Waals surface area contributed by atoms with E-state index in [1.54, 1.807) is 0 Å². The third-order valence-electron chi connectivity index (χ3n) is 4.74. The van der Waals surface area contributed by atoms with Gasteiger partial charge in [-0.25, -0.2) is 0 Å². The van der Waals surface area contributed by atoms with E-state index < -0.39 is 9.15 Å². The van der Waals surface area contributed by atoms with Gasteiger partial charge in [-0.05, 0) is 56.3 Å². The van der Waals surface area contributed by atoms with Crippen LogP contribution in [0.2, 0.25) is 0 Å². The minimum absolute atomic E-state index is 0.0292. The van der Waals surface area contributed by atoms with Gasteiger partial charge >= 0.3 is 9.15 Å². The summed E-state index contributed by atoms with van der Waals surface area (Å²) in [5, 5.41) is 0. The van der Waals surface area contributed by atoms with Crippen molar-refractivity contribution < 1.29 is 13.0 Å². The lowest BCUT2D eigenvalue weighted by Crippen LogP contribution is -2.50. The summed E-state index contributed by atoms with van der Waals surface area (Å²) < 4.78 is 30.1. The monoisotopic (exact) mass is 304 g/mol. The molecule has 5 nitrogen and oxygen atoms in total. The Hall–Kier alpha value is -0.270. The van der Waals surface area contributed by atoms with Crippen molar-refractivity contribution in [2.75, 3.05) is 5.75 Å². The molecule has 4 rings (SSSR count). The van der Waals surface area contributed by atoms with Gasteiger partial charge in [0.15, 0.2) is 0 Å². The summed E-state index contributed by atoms with van der Waals surface area (Å²) in [5.41, 5.74) is 5.83. The Labute approximate surface area is 117 Å². The highest BCUT2D eigenvalue weighted by Crippen LogP contribution is 2.57. The predicted octanol–water partition coefficient (Wildman–Crippen LogP) is 1.85. The molecule has 108 valence electrons. The lowest BCUT2D eigenvalue weighted by molar-refractivity contribution is 0.00162. The second-order valence-electron chi connectivity index (χ2n) is 6.43. The Morgan fingerprint density at radius 3 is 2.11 bits per heavy atom. The number of nitrogens with zero attached hydrogens (tertiary/aromatic N) is 1. The second-order valence-corrected chi connectivity index (χ2v) is 9.79. The van der Waals surface area contributed by atoms with Gasteiger partial charge in [0, 0.05) is 10.8 Å². The molecule has 4 bridgehead atoms. The zero-order valence-electron chi connectivity index (χ0n) is 10.8. The molecule has 0 radical (unpaired) electrons. The molecule has 0 aliphatic heterocycles. The van der Waals surface area contributed by atoms with Crippen LogP contribution in [0.25, 0.3) is 0 Å². The summed E-state index contributed by atoms with van der Waals surface area (Å²) in [4.78, 5) is 4.67. The zero-order chi connectivity index (χ0) is 13.7. The van der Waals surface area contributed by atoms with Gasteiger partial charge in [0.2, 0.25) is 0 Å². The Kier molecular flexibility index (Phi) is 3.34. The van der Waals surface area contributed by atoms with Gasteiger partial charge in [-0.3, -0.25) is 9.55 Å². The van der Waals surface area contributed by atoms with E-state index in [9.17, 15) is 8.42 Å². The van der Waals surface area contributed by atoms with Crippen molar-refractivity contribution >= 4 is 25.8 Å². The van der Waals surface area contributed by atoms with Crippen LogP contribution in [-0.4, -0.2) is 30.1 Å². The number of aliphatic imine (C=N–C) groups is 1. The van der Waals surface area contributed by atoms with Crippen LogP contribution in [0.1, 0.15) is 38.5 Å². The first-order chi connectivity index (χ1) is 8.84. The predicted molar refractivity (Wildman–Crippen MR) is 76.5 cm³/mol. The lowest BCUT2D eigenvalue weighted by Gasteiger charge is -2.55. The number of amidine groups is 1. The fourth-order valence-corrected chi connectivity index (χ4v) is 5.82. The largest absolute Gasteiger partial charge is 0.387 e. The van der Waals surface area contributed by atoms with E-state index in [0.717, 1.165) is 37.0 Å². The fourth-order valence-electron chi connectivity index (χ4n) is 4.67. The first kappa shape index (κ1) is 13.7. The van der Waals surface area contributed by atoms with E-state index in [4.69, 9.17) is 10.3 Å². The highest BCUT2D eigenvalue weighted by Gasteiger charge is 2.51. The maximum absolute atomic E-state index is 10.7. The number of hydrogen-bond acceptors (Lipinski definition) is 4. The van der Waals surface area contributed by atoms with Gasteiger partial charge in [-0.1, -0.05) is 0 Å².